The summed E-state index contributed by atoms with van der Waals surface area (Å²) < 4.78 is 30.3. The van der Waals surface area contributed by atoms with Crippen molar-refractivity contribution in [3.05, 3.63) is 54.1 Å². The van der Waals surface area contributed by atoms with Crippen molar-refractivity contribution >= 4 is 51.3 Å². The fourth-order valence-electron chi connectivity index (χ4n) is 2.33. The monoisotopic (exact) mass is 518 g/mol. The van der Waals surface area contributed by atoms with E-state index in [2.05, 4.69) is 41.0 Å². The summed E-state index contributed by atoms with van der Waals surface area (Å²) in [5.41, 5.74) is 8.52. The molecule has 0 spiro atoms. The zero-order valence-electron chi connectivity index (χ0n) is 16.2. The summed E-state index contributed by atoms with van der Waals surface area (Å²) in [6, 6.07) is 14.7. The Bertz CT molecular complexity index is 884. The number of hydrogen-bond donors (Lipinski definition) is 3. The SMILES string of the molecule is CC(C)c1cccc(NC(N)=NCCOc2ccc(NS(C)(=O)=O)cc2)c1.I. The van der Waals surface area contributed by atoms with E-state index < -0.39 is 10.0 Å². The first-order valence-corrected chi connectivity index (χ1v) is 10.5. The lowest BCUT2D eigenvalue weighted by Gasteiger charge is -2.10. The number of nitrogens with zero attached hydrogens (tertiary/aromatic N) is 1. The lowest BCUT2D eigenvalue weighted by molar-refractivity contribution is 0.329. The number of aliphatic imine (C=N–C) groups is 1. The summed E-state index contributed by atoms with van der Waals surface area (Å²) in [6.07, 6.45) is 1.10. The Morgan fingerprint density at radius 2 is 1.82 bits per heavy atom. The second kappa shape index (κ2) is 11.1. The number of halogens is 1. The summed E-state index contributed by atoms with van der Waals surface area (Å²) in [5, 5.41) is 3.07. The maximum Gasteiger partial charge on any atom is 0.229 e. The third kappa shape index (κ3) is 8.79. The second-order valence-electron chi connectivity index (χ2n) is 6.42. The molecular formula is C19H27IN4O3S. The van der Waals surface area contributed by atoms with Crippen LogP contribution in [0.15, 0.2) is 53.5 Å². The number of sulfonamides is 1. The Balaban J connectivity index is 0.00000392. The van der Waals surface area contributed by atoms with Crippen LogP contribution in [0.25, 0.3) is 0 Å². The zero-order chi connectivity index (χ0) is 19.9. The van der Waals surface area contributed by atoms with Gasteiger partial charge in [-0.2, -0.15) is 0 Å². The summed E-state index contributed by atoms with van der Waals surface area (Å²) >= 11 is 0. The molecule has 0 aromatic heterocycles. The van der Waals surface area contributed by atoms with Crippen LogP contribution in [0.4, 0.5) is 11.4 Å². The number of ether oxygens (including phenoxy) is 1. The van der Waals surface area contributed by atoms with E-state index >= 15 is 0 Å². The number of nitrogens with one attached hydrogen (secondary N) is 2. The van der Waals surface area contributed by atoms with E-state index in [4.69, 9.17) is 10.5 Å². The minimum Gasteiger partial charge on any atom is -0.492 e. The predicted octanol–water partition coefficient (Wildman–Crippen LogP) is 3.61. The Hall–Kier alpha value is -2.01. The van der Waals surface area contributed by atoms with Crippen LogP contribution in [-0.2, 0) is 10.0 Å². The molecule has 0 radical (unpaired) electrons. The van der Waals surface area contributed by atoms with E-state index in [0.717, 1.165) is 11.9 Å². The molecule has 154 valence electrons. The van der Waals surface area contributed by atoms with Gasteiger partial charge in [0.1, 0.15) is 12.4 Å². The Morgan fingerprint density at radius 3 is 2.43 bits per heavy atom. The van der Waals surface area contributed by atoms with E-state index in [1.807, 2.05) is 12.1 Å². The largest absolute Gasteiger partial charge is 0.492 e. The fraction of sp³-hybridized carbons (Fsp3) is 0.316. The van der Waals surface area contributed by atoms with Crippen molar-refractivity contribution in [2.24, 2.45) is 10.7 Å². The van der Waals surface area contributed by atoms with Gasteiger partial charge >= 0.3 is 0 Å². The Kier molecular flexibility index (Phi) is 9.53. The molecule has 0 fully saturated rings. The van der Waals surface area contributed by atoms with Crippen LogP contribution in [0.5, 0.6) is 5.75 Å². The van der Waals surface area contributed by atoms with Gasteiger partial charge in [-0.05, 0) is 47.9 Å². The van der Waals surface area contributed by atoms with E-state index in [0.29, 0.717) is 36.5 Å². The Morgan fingerprint density at radius 1 is 1.14 bits per heavy atom. The van der Waals surface area contributed by atoms with Gasteiger partial charge in [-0.15, -0.1) is 24.0 Å². The minimum absolute atomic E-state index is 0. The van der Waals surface area contributed by atoms with E-state index in [-0.39, 0.29) is 24.0 Å². The summed E-state index contributed by atoms with van der Waals surface area (Å²) in [7, 11) is -3.28. The molecule has 28 heavy (non-hydrogen) atoms. The van der Waals surface area contributed by atoms with Crippen LogP contribution >= 0.6 is 24.0 Å². The molecule has 0 unspecified atom stereocenters. The molecule has 4 N–H and O–H groups in total. The molecule has 0 heterocycles. The molecule has 2 aromatic carbocycles. The van der Waals surface area contributed by atoms with Gasteiger partial charge < -0.3 is 15.8 Å². The van der Waals surface area contributed by atoms with Crippen LogP contribution < -0.4 is 20.5 Å². The number of nitrogens with two attached hydrogens (primary N) is 1. The highest BCUT2D eigenvalue weighted by Gasteiger charge is 2.03. The number of anilines is 2. The summed E-state index contributed by atoms with van der Waals surface area (Å²) in [4.78, 5) is 4.24. The first-order valence-electron chi connectivity index (χ1n) is 8.60. The van der Waals surface area contributed by atoms with Crippen molar-refractivity contribution in [2.75, 3.05) is 29.4 Å². The van der Waals surface area contributed by atoms with Gasteiger partial charge in [-0.1, -0.05) is 26.0 Å². The first-order chi connectivity index (χ1) is 12.7. The molecule has 0 bridgehead atoms. The zero-order valence-corrected chi connectivity index (χ0v) is 19.3. The lowest BCUT2D eigenvalue weighted by Crippen LogP contribution is -2.23. The number of hydrogen-bond acceptors (Lipinski definition) is 4. The summed E-state index contributed by atoms with van der Waals surface area (Å²) in [6.45, 7) is 5.02. The normalized spacial score (nSPS) is 11.6. The fourth-order valence-corrected chi connectivity index (χ4v) is 2.89. The van der Waals surface area contributed by atoms with Crippen molar-refractivity contribution in [2.45, 2.75) is 19.8 Å². The molecule has 9 heteroatoms. The molecule has 0 aliphatic rings. The maximum atomic E-state index is 11.2. The van der Waals surface area contributed by atoms with Gasteiger partial charge in [0, 0.05) is 11.4 Å². The number of benzene rings is 2. The van der Waals surface area contributed by atoms with E-state index in [1.165, 1.54) is 5.56 Å². The average molecular weight is 518 g/mol. The predicted molar refractivity (Wildman–Crippen MR) is 126 cm³/mol. The van der Waals surface area contributed by atoms with Gasteiger partial charge in [0.05, 0.1) is 12.8 Å². The molecule has 2 aromatic rings. The summed E-state index contributed by atoms with van der Waals surface area (Å²) in [5.74, 6) is 1.39. The average Bonchev–Trinajstić information content (AvgIpc) is 2.59. The Labute approximate surface area is 183 Å². The molecule has 0 atom stereocenters. The molecule has 0 saturated carbocycles. The number of rotatable bonds is 8. The third-order valence-corrected chi connectivity index (χ3v) is 4.23. The van der Waals surface area contributed by atoms with Crippen LogP contribution in [0.1, 0.15) is 25.3 Å². The van der Waals surface area contributed by atoms with Gasteiger partial charge in [-0.25, -0.2) is 13.4 Å². The van der Waals surface area contributed by atoms with Crippen molar-refractivity contribution < 1.29 is 13.2 Å². The van der Waals surface area contributed by atoms with Crippen LogP contribution in [-0.4, -0.2) is 33.8 Å². The molecule has 0 amide bonds. The quantitative estimate of drug-likeness (QED) is 0.214. The maximum absolute atomic E-state index is 11.2. The molecule has 7 nitrogen and oxygen atoms in total. The van der Waals surface area contributed by atoms with Crippen LogP contribution in [0, 0.1) is 0 Å². The lowest BCUT2D eigenvalue weighted by atomic mass is 10.0. The van der Waals surface area contributed by atoms with E-state index in [1.54, 1.807) is 24.3 Å². The van der Waals surface area contributed by atoms with Crippen LogP contribution in [0.2, 0.25) is 0 Å². The second-order valence-corrected chi connectivity index (χ2v) is 8.17. The highest BCUT2D eigenvalue weighted by atomic mass is 127. The van der Waals surface area contributed by atoms with Crippen LogP contribution in [0.3, 0.4) is 0 Å². The third-order valence-electron chi connectivity index (χ3n) is 3.63. The first kappa shape index (κ1) is 24.0. The molecule has 2 rings (SSSR count). The smallest absolute Gasteiger partial charge is 0.229 e. The minimum atomic E-state index is -3.28. The van der Waals surface area contributed by atoms with Gasteiger partial charge in [0.15, 0.2) is 5.96 Å². The van der Waals surface area contributed by atoms with Crippen molar-refractivity contribution in [3.8, 4) is 5.75 Å². The highest BCUT2D eigenvalue weighted by molar-refractivity contribution is 14.0. The van der Waals surface area contributed by atoms with Gasteiger partial charge in [0.2, 0.25) is 10.0 Å². The van der Waals surface area contributed by atoms with Crippen molar-refractivity contribution in [3.63, 3.8) is 0 Å². The van der Waals surface area contributed by atoms with E-state index in [9.17, 15) is 8.42 Å². The van der Waals surface area contributed by atoms with Gasteiger partial charge in [-0.3, -0.25) is 4.72 Å². The highest BCUT2D eigenvalue weighted by Crippen LogP contribution is 2.18. The standard InChI is InChI=1S/C19H26N4O3S.HI/c1-14(2)15-5-4-6-17(13-15)22-19(20)21-11-12-26-18-9-7-16(8-10-18)23-27(3,24)25;/h4-10,13-14,23H,11-12H2,1-3H3,(H3,20,21,22);1H. The van der Waals surface area contributed by atoms with Crippen molar-refractivity contribution in [1.29, 1.82) is 0 Å². The molecular weight excluding hydrogens is 491 g/mol. The van der Waals surface area contributed by atoms with Gasteiger partial charge in [0.25, 0.3) is 0 Å². The molecule has 0 aliphatic carbocycles. The number of guanidine groups is 1. The molecule has 0 saturated heterocycles. The molecule has 0 aliphatic heterocycles. The topological polar surface area (TPSA) is 106 Å². The van der Waals surface area contributed by atoms with Crippen molar-refractivity contribution in [1.82, 2.24) is 0 Å².